The number of hydrogen-bond donors (Lipinski definition) is 2. The zero-order valence-corrected chi connectivity index (χ0v) is 18.9. The SMILES string of the molecule is CC(C)CCc1cc([N+](=O)[O-])ccc1S(=O)(=O)N[C@@H]1CN(C(=O)O)C[C@H]1CCCN=[N+]=[N-]. The van der Waals surface area contributed by atoms with Gasteiger partial charge in [0, 0.05) is 42.7 Å². The van der Waals surface area contributed by atoms with Crippen molar-refractivity contribution in [2.24, 2.45) is 17.0 Å². The Morgan fingerprint density at radius 3 is 2.75 bits per heavy atom. The van der Waals surface area contributed by atoms with E-state index in [2.05, 4.69) is 14.7 Å². The Morgan fingerprint density at radius 1 is 1.44 bits per heavy atom. The number of nitrogens with zero attached hydrogens (tertiary/aromatic N) is 5. The third-order valence-corrected chi connectivity index (χ3v) is 7.04. The fraction of sp³-hybridized carbons (Fsp3) is 0.632. The first-order valence-corrected chi connectivity index (χ1v) is 11.8. The highest BCUT2D eigenvalue weighted by atomic mass is 32.2. The van der Waals surface area contributed by atoms with Crippen LogP contribution in [-0.4, -0.2) is 55.1 Å². The van der Waals surface area contributed by atoms with Gasteiger partial charge in [-0.2, -0.15) is 0 Å². The lowest BCUT2D eigenvalue weighted by molar-refractivity contribution is -0.385. The number of amides is 1. The number of carbonyl (C=O) groups is 1. The van der Waals surface area contributed by atoms with Gasteiger partial charge in [-0.25, -0.2) is 17.9 Å². The first-order valence-electron chi connectivity index (χ1n) is 10.3. The molecule has 0 radical (unpaired) electrons. The molecule has 0 spiro atoms. The lowest BCUT2D eigenvalue weighted by atomic mass is 9.99. The normalized spacial score (nSPS) is 18.5. The minimum absolute atomic E-state index is 0.00490. The van der Waals surface area contributed by atoms with Gasteiger partial charge in [-0.1, -0.05) is 19.0 Å². The Labute approximate surface area is 186 Å². The molecule has 1 aromatic carbocycles. The van der Waals surface area contributed by atoms with E-state index >= 15 is 0 Å². The highest BCUT2D eigenvalue weighted by molar-refractivity contribution is 7.89. The molecule has 0 unspecified atom stereocenters. The van der Waals surface area contributed by atoms with Crippen LogP contribution in [0.5, 0.6) is 0 Å². The molecule has 0 bridgehead atoms. The second-order valence-electron chi connectivity index (χ2n) is 8.25. The molecule has 12 nitrogen and oxygen atoms in total. The van der Waals surface area contributed by atoms with E-state index in [9.17, 15) is 28.4 Å². The molecule has 1 fully saturated rings. The third-order valence-electron chi connectivity index (χ3n) is 5.45. The molecule has 13 heteroatoms. The van der Waals surface area contributed by atoms with Gasteiger partial charge < -0.3 is 10.0 Å². The van der Waals surface area contributed by atoms with E-state index in [1.165, 1.54) is 12.1 Å². The van der Waals surface area contributed by atoms with Crippen LogP contribution in [0, 0.1) is 22.0 Å². The molecule has 1 aliphatic heterocycles. The van der Waals surface area contributed by atoms with E-state index in [4.69, 9.17) is 5.53 Å². The van der Waals surface area contributed by atoms with Gasteiger partial charge >= 0.3 is 6.09 Å². The number of sulfonamides is 1. The Bertz CT molecular complexity index is 992. The monoisotopic (exact) mass is 468 g/mol. The maximum Gasteiger partial charge on any atom is 0.407 e. The quantitative estimate of drug-likeness (QED) is 0.125. The Hall–Kier alpha value is -2.89. The fourth-order valence-electron chi connectivity index (χ4n) is 3.77. The summed E-state index contributed by atoms with van der Waals surface area (Å²) in [5.74, 6) is -0.0101. The van der Waals surface area contributed by atoms with Crippen LogP contribution in [0.4, 0.5) is 10.5 Å². The standard InChI is InChI=1S/C19H28N6O6S/c1-13(2)5-6-14-10-16(25(28)29)7-8-18(14)32(30,31)22-17-12-24(19(26)27)11-15(17)4-3-9-21-23-20/h7-8,10,13,15,17,22H,3-6,9,11-12H2,1-2H3,(H,26,27)/t15-,17-/m1/s1. The summed E-state index contributed by atoms with van der Waals surface area (Å²) in [6.45, 7) is 4.35. The number of non-ortho nitro benzene ring substituents is 1. The predicted octanol–water partition coefficient (Wildman–Crippen LogP) is 3.53. The van der Waals surface area contributed by atoms with E-state index in [1.54, 1.807) is 0 Å². The second kappa shape index (κ2) is 11.1. The van der Waals surface area contributed by atoms with Crippen molar-refractivity contribution in [1.29, 1.82) is 0 Å². The van der Waals surface area contributed by atoms with Crippen molar-refractivity contribution in [2.75, 3.05) is 19.6 Å². The lowest BCUT2D eigenvalue weighted by Gasteiger charge is -2.20. The molecule has 2 N–H and O–H groups in total. The largest absolute Gasteiger partial charge is 0.465 e. The smallest absolute Gasteiger partial charge is 0.407 e. The van der Waals surface area contributed by atoms with Crippen LogP contribution >= 0.6 is 0 Å². The number of nitro benzene ring substituents is 1. The molecule has 1 saturated heterocycles. The Balaban J connectivity index is 2.29. The van der Waals surface area contributed by atoms with Gasteiger partial charge in [0.15, 0.2) is 0 Å². The summed E-state index contributed by atoms with van der Waals surface area (Å²) in [6.07, 6.45) is 0.854. The number of rotatable bonds is 11. The van der Waals surface area contributed by atoms with Crippen molar-refractivity contribution in [3.05, 3.63) is 44.3 Å². The van der Waals surface area contributed by atoms with Gasteiger partial charge in [-0.05, 0) is 54.7 Å². The van der Waals surface area contributed by atoms with Gasteiger partial charge in [-0.3, -0.25) is 10.1 Å². The van der Waals surface area contributed by atoms with E-state index < -0.39 is 27.1 Å². The second-order valence-corrected chi connectivity index (χ2v) is 9.94. The van der Waals surface area contributed by atoms with Crippen molar-refractivity contribution in [3.8, 4) is 0 Å². The zero-order chi connectivity index (χ0) is 23.9. The number of nitrogens with one attached hydrogen (secondary N) is 1. The van der Waals surface area contributed by atoms with Crippen LogP contribution in [0.1, 0.15) is 38.7 Å². The molecule has 2 rings (SSSR count). The van der Waals surface area contributed by atoms with Crippen molar-refractivity contribution in [3.63, 3.8) is 0 Å². The number of benzene rings is 1. The Kier molecular flexibility index (Phi) is 8.81. The maximum atomic E-state index is 13.2. The van der Waals surface area contributed by atoms with Gasteiger partial charge in [-0.15, -0.1) is 0 Å². The van der Waals surface area contributed by atoms with Gasteiger partial charge in [0.1, 0.15) is 0 Å². The summed E-state index contributed by atoms with van der Waals surface area (Å²) in [5, 5.41) is 24.0. The fourth-order valence-corrected chi connectivity index (χ4v) is 5.31. The first kappa shape index (κ1) is 25.4. The molecule has 32 heavy (non-hydrogen) atoms. The van der Waals surface area contributed by atoms with Gasteiger partial charge in [0.05, 0.1) is 9.82 Å². The predicted molar refractivity (Wildman–Crippen MR) is 117 cm³/mol. The molecular weight excluding hydrogens is 440 g/mol. The number of azide groups is 1. The van der Waals surface area contributed by atoms with Gasteiger partial charge in [0.2, 0.25) is 10.0 Å². The highest BCUT2D eigenvalue weighted by Crippen LogP contribution is 2.27. The van der Waals surface area contributed by atoms with E-state index in [0.717, 1.165) is 11.0 Å². The number of likely N-dealkylation sites (tertiary alicyclic amines) is 1. The summed E-state index contributed by atoms with van der Waals surface area (Å²) >= 11 is 0. The van der Waals surface area contributed by atoms with Gasteiger partial charge in [0.25, 0.3) is 5.69 Å². The number of hydrogen-bond acceptors (Lipinski definition) is 6. The summed E-state index contributed by atoms with van der Waals surface area (Å²) in [7, 11) is -4.06. The van der Waals surface area contributed by atoms with E-state index in [1.807, 2.05) is 13.8 Å². The molecule has 0 saturated carbocycles. The van der Waals surface area contributed by atoms with E-state index in [-0.39, 0.29) is 42.1 Å². The minimum atomic E-state index is -4.06. The van der Waals surface area contributed by atoms with Crippen molar-refractivity contribution < 1.29 is 23.2 Å². The number of nitro groups is 1. The molecule has 1 heterocycles. The first-order chi connectivity index (χ1) is 15.0. The maximum absolute atomic E-state index is 13.2. The zero-order valence-electron chi connectivity index (χ0n) is 18.0. The minimum Gasteiger partial charge on any atom is -0.465 e. The summed E-state index contributed by atoms with van der Waals surface area (Å²) in [6, 6.07) is 3.02. The molecule has 1 aromatic rings. The molecule has 1 amide bonds. The molecule has 0 aliphatic carbocycles. The van der Waals surface area contributed by atoms with Crippen LogP contribution in [0.2, 0.25) is 0 Å². The lowest BCUT2D eigenvalue weighted by Crippen LogP contribution is -2.41. The summed E-state index contributed by atoms with van der Waals surface area (Å²) < 4.78 is 29.1. The van der Waals surface area contributed by atoms with Crippen LogP contribution in [0.3, 0.4) is 0 Å². The van der Waals surface area contributed by atoms with Crippen molar-refractivity contribution in [2.45, 2.75) is 50.5 Å². The molecule has 0 aromatic heterocycles. The van der Waals surface area contributed by atoms with Crippen LogP contribution in [0.25, 0.3) is 10.4 Å². The van der Waals surface area contributed by atoms with E-state index in [0.29, 0.717) is 31.2 Å². The molecule has 1 aliphatic rings. The van der Waals surface area contributed by atoms with Crippen LogP contribution < -0.4 is 4.72 Å². The van der Waals surface area contributed by atoms with Crippen molar-refractivity contribution >= 4 is 21.8 Å². The number of aryl methyl sites for hydroxylation is 1. The molecule has 2 atom stereocenters. The van der Waals surface area contributed by atoms with Crippen LogP contribution in [0.15, 0.2) is 28.2 Å². The Morgan fingerprint density at radius 2 is 2.16 bits per heavy atom. The highest BCUT2D eigenvalue weighted by Gasteiger charge is 2.38. The average Bonchev–Trinajstić information content (AvgIpc) is 3.11. The molecule has 176 valence electrons. The number of carboxylic acid groups (broad SMARTS) is 1. The topological polar surface area (TPSA) is 179 Å². The average molecular weight is 469 g/mol. The molecular formula is C19H28N6O6S. The summed E-state index contributed by atoms with van der Waals surface area (Å²) in [5.41, 5.74) is 8.57. The van der Waals surface area contributed by atoms with Crippen LogP contribution in [-0.2, 0) is 16.4 Å². The summed E-state index contributed by atoms with van der Waals surface area (Å²) in [4.78, 5) is 25.8. The third kappa shape index (κ3) is 6.81. The van der Waals surface area contributed by atoms with Crippen molar-refractivity contribution in [1.82, 2.24) is 9.62 Å².